The predicted octanol–water partition coefficient (Wildman–Crippen LogP) is 2.05. The number of aliphatic carboxylic acids is 1. The van der Waals surface area contributed by atoms with E-state index in [9.17, 15) is 4.79 Å². The summed E-state index contributed by atoms with van der Waals surface area (Å²) in [6.07, 6.45) is 1.34. The topological polar surface area (TPSA) is 49.3 Å². The molecule has 0 amide bonds. The Morgan fingerprint density at radius 3 is 3.07 bits per heavy atom. The number of para-hydroxylation sites is 1. The van der Waals surface area contributed by atoms with Crippen molar-refractivity contribution in [3.05, 3.63) is 29.3 Å². The van der Waals surface area contributed by atoms with Crippen LogP contribution in [0.5, 0.6) is 0 Å². The number of nitrogens with one attached hydrogen (secondary N) is 1. The van der Waals surface area contributed by atoms with Gasteiger partial charge in [0.25, 0.3) is 0 Å². The van der Waals surface area contributed by atoms with Crippen LogP contribution in [0.2, 0.25) is 0 Å². The summed E-state index contributed by atoms with van der Waals surface area (Å²) in [6.45, 7) is 2.79. The van der Waals surface area contributed by atoms with Crippen LogP contribution in [0.25, 0.3) is 0 Å². The zero-order valence-corrected chi connectivity index (χ0v) is 8.79. The number of carbonyl (C=O) groups is 1. The fourth-order valence-electron chi connectivity index (χ4n) is 2.10. The molecule has 3 nitrogen and oxygen atoms in total. The molecule has 0 radical (unpaired) electrons. The molecule has 1 heterocycles. The molecule has 0 fully saturated rings. The van der Waals surface area contributed by atoms with Gasteiger partial charge in [-0.25, -0.2) is 0 Å². The average Bonchev–Trinajstić information content (AvgIpc) is 2.40. The SMILES string of the molecule is Cc1cccc2c1NCCC(C(=O)O)C2. The molecule has 1 aromatic carbocycles. The average molecular weight is 205 g/mol. The molecule has 0 bridgehead atoms. The van der Waals surface area contributed by atoms with Crippen LogP contribution >= 0.6 is 0 Å². The monoisotopic (exact) mass is 205 g/mol. The number of rotatable bonds is 1. The van der Waals surface area contributed by atoms with Crippen molar-refractivity contribution in [1.82, 2.24) is 0 Å². The fourth-order valence-corrected chi connectivity index (χ4v) is 2.10. The maximum absolute atomic E-state index is 11.0. The Balaban J connectivity index is 2.34. The van der Waals surface area contributed by atoms with Crippen LogP contribution in [0.1, 0.15) is 17.5 Å². The number of carboxylic acids is 1. The molecule has 1 aromatic rings. The van der Waals surface area contributed by atoms with E-state index in [1.165, 1.54) is 5.56 Å². The Kier molecular flexibility index (Phi) is 2.62. The van der Waals surface area contributed by atoms with E-state index in [0.717, 1.165) is 17.8 Å². The summed E-state index contributed by atoms with van der Waals surface area (Å²) in [5, 5.41) is 12.3. The Morgan fingerprint density at radius 2 is 2.33 bits per heavy atom. The summed E-state index contributed by atoms with van der Waals surface area (Å²) in [7, 11) is 0. The van der Waals surface area contributed by atoms with Gasteiger partial charge in [-0.1, -0.05) is 18.2 Å². The predicted molar refractivity (Wildman–Crippen MR) is 59.1 cm³/mol. The minimum Gasteiger partial charge on any atom is -0.481 e. The highest BCUT2D eigenvalue weighted by molar-refractivity contribution is 5.72. The smallest absolute Gasteiger partial charge is 0.306 e. The molecule has 1 aliphatic heterocycles. The number of aryl methyl sites for hydroxylation is 1. The molecule has 1 aliphatic rings. The lowest BCUT2D eigenvalue weighted by Gasteiger charge is -2.10. The molecule has 2 N–H and O–H groups in total. The Labute approximate surface area is 89.1 Å². The second-order valence-corrected chi connectivity index (χ2v) is 4.06. The standard InChI is InChI=1S/C12H15NO2/c1-8-3-2-4-9-7-10(12(14)15)5-6-13-11(8)9/h2-4,10,13H,5-7H2,1H3,(H,14,15). The van der Waals surface area contributed by atoms with E-state index in [2.05, 4.69) is 5.32 Å². The summed E-state index contributed by atoms with van der Waals surface area (Å²) >= 11 is 0. The summed E-state index contributed by atoms with van der Waals surface area (Å²) in [5.74, 6) is -0.938. The molecule has 2 rings (SSSR count). The van der Waals surface area contributed by atoms with Gasteiger partial charge in [-0.3, -0.25) is 4.79 Å². The van der Waals surface area contributed by atoms with Crippen LogP contribution in [0, 0.1) is 12.8 Å². The Bertz CT molecular complexity index is 387. The van der Waals surface area contributed by atoms with E-state index in [1.54, 1.807) is 0 Å². The number of carboxylic acid groups (broad SMARTS) is 1. The maximum atomic E-state index is 11.0. The van der Waals surface area contributed by atoms with Gasteiger partial charge in [0.15, 0.2) is 0 Å². The molecule has 0 saturated carbocycles. The zero-order chi connectivity index (χ0) is 10.8. The van der Waals surface area contributed by atoms with Gasteiger partial charge in [0.2, 0.25) is 0 Å². The van der Waals surface area contributed by atoms with Gasteiger partial charge in [0, 0.05) is 12.2 Å². The normalized spacial score (nSPS) is 19.9. The van der Waals surface area contributed by atoms with Gasteiger partial charge in [0.1, 0.15) is 0 Å². The maximum Gasteiger partial charge on any atom is 0.306 e. The van der Waals surface area contributed by atoms with Gasteiger partial charge in [-0.15, -0.1) is 0 Å². The van der Waals surface area contributed by atoms with Crippen molar-refractivity contribution in [3.63, 3.8) is 0 Å². The molecular weight excluding hydrogens is 190 g/mol. The van der Waals surface area contributed by atoms with Crippen LogP contribution in [0.4, 0.5) is 5.69 Å². The number of hydrogen-bond donors (Lipinski definition) is 2. The summed E-state index contributed by atoms with van der Waals surface area (Å²) in [4.78, 5) is 11.0. The van der Waals surface area contributed by atoms with Crippen LogP contribution in [-0.4, -0.2) is 17.6 Å². The van der Waals surface area contributed by atoms with Crippen LogP contribution in [-0.2, 0) is 11.2 Å². The molecule has 15 heavy (non-hydrogen) atoms. The molecule has 0 aliphatic carbocycles. The van der Waals surface area contributed by atoms with Crippen LogP contribution < -0.4 is 5.32 Å². The highest BCUT2D eigenvalue weighted by atomic mass is 16.4. The third kappa shape index (κ3) is 1.96. The van der Waals surface area contributed by atoms with Crippen LogP contribution in [0.15, 0.2) is 18.2 Å². The van der Waals surface area contributed by atoms with Gasteiger partial charge >= 0.3 is 5.97 Å². The summed E-state index contributed by atoms with van der Waals surface area (Å²) < 4.78 is 0. The van der Waals surface area contributed by atoms with E-state index >= 15 is 0 Å². The molecule has 1 atom stereocenters. The van der Waals surface area contributed by atoms with Gasteiger partial charge in [0.05, 0.1) is 5.92 Å². The van der Waals surface area contributed by atoms with Crippen LogP contribution in [0.3, 0.4) is 0 Å². The van der Waals surface area contributed by atoms with Crippen molar-refractivity contribution < 1.29 is 9.90 Å². The second kappa shape index (κ2) is 3.93. The Morgan fingerprint density at radius 1 is 1.53 bits per heavy atom. The summed E-state index contributed by atoms with van der Waals surface area (Å²) in [5.41, 5.74) is 3.44. The first-order valence-electron chi connectivity index (χ1n) is 5.23. The molecular formula is C12H15NO2. The molecule has 0 aromatic heterocycles. The van der Waals surface area contributed by atoms with Crippen molar-refractivity contribution in [2.45, 2.75) is 19.8 Å². The number of fused-ring (bicyclic) bond motifs is 1. The van der Waals surface area contributed by atoms with Crippen molar-refractivity contribution in [1.29, 1.82) is 0 Å². The van der Waals surface area contributed by atoms with E-state index in [1.807, 2.05) is 25.1 Å². The molecule has 80 valence electrons. The molecule has 0 spiro atoms. The third-order valence-corrected chi connectivity index (χ3v) is 2.97. The highest BCUT2D eigenvalue weighted by Crippen LogP contribution is 2.27. The van der Waals surface area contributed by atoms with Gasteiger partial charge in [-0.05, 0) is 30.9 Å². The van der Waals surface area contributed by atoms with Gasteiger partial charge in [-0.2, -0.15) is 0 Å². The minimum atomic E-state index is -0.689. The first kappa shape index (κ1) is 10.0. The van der Waals surface area contributed by atoms with Crippen molar-refractivity contribution in [2.24, 2.45) is 5.92 Å². The minimum absolute atomic E-state index is 0.249. The lowest BCUT2D eigenvalue weighted by Crippen LogP contribution is -2.16. The fraction of sp³-hybridized carbons (Fsp3) is 0.417. The van der Waals surface area contributed by atoms with E-state index in [-0.39, 0.29) is 5.92 Å². The zero-order valence-electron chi connectivity index (χ0n) is 8.79. The molecule has 3 heteroatoms. The first-order valence-corrected chi connectivity index (χ1v) is 5.23. The van der Waals surface area contributed by atoms with E-state index < -0.39 is 5.97 Å². The number of anilines is 1. The second-order valence-electron chi connectivity index (χ2n) is 4.06. The van der Waals surface area contributed by atoms with E-state index in [4.69, 9.17) is 5.11 Å². The highest BCUT2D eigenvalue weighted by Gasteiger charge is 2.22. The van der Waals surface area contributed by atoms with Crippen molar-refractivity contribution in [3.8, 4) is 0 Å². The van der Waals surface area contributed by atoms with Crippen molar-refractivity contribution >= 4 is 11.7 Å². The molecule has 0 saturated heterocycles. The van der Waals surface area contributed by atoms with Crippen molar-refractivity contribution in [2.75, 3.05) is 11.9 Å². The Hall–Kier alpha value is -1.51. The largest absolute Gasteiger partial charge is 0.481 e. The first-order chi connectivity index (χ1) is 7.18. The summed E-state index contributed by atoms with van der Waals surface area (Å²) in [6, 6.07) is 6.05. The lowest BCUT2D eigenvalue weighted by molar-refractivity contribution is -0.141. The number of benzene rings is 1. The third-order valence-electron chi connectivity index (χ3n) is 2.97. The van der Waals surface area contributed by atoms with E-state index in [0.29, 0.717) is 12.8 Å². The lowest BCUT2D eigenvalue weighted by atomic mass is 9.96. The quantitative estimate of drug-likeness (QED) is 0.737. The van der Waals surface area contributed by atoms with Gasteiger partial charge < -0.3 is 10.4 Å². The molecule has 1 unspecified atom stereocenters. The number of hydrogen-bond acceptors (Lipinski definition) is 2.